The number of hydrogen-bond donors (Lipinski definition) is 1. The van der Waals surface area contributed by atoms with E-state index in [1.54, 1.807) is 0 Å². The maximum absolute atomic E-state index is 5.66. The summed E-state index contributed by atoms with van der Waals surface area (Å²) in [5, 5.41) is 3.45. The molecular formula is C14H31NO. The Hall–Kier alpha value is -0.0800. The van der Waals surface area contributed by atoms with E-state index in [4.69, 9.17) is 4.74 Å². The molecule has 0 saturated heterocycles. The van der Waals surface area contributed by atoms with Gasteiger partial charge in [-0.25, -0.2) is 0 Å². The summed E-state index contributed by atoms with van der Waals surface area (Å²) in [4.78, 5) is 0. The van der Waals surface area contributed by atoms with Crippen LogP contribution in [0.15, 0.2) is 0 Å². The van der Waals surface area contributed by atoms with Gasteiger partial charge in [0, 0.05) is 13.2 Å². The van der Waals surface area contributed by atoms with E-state index in [1.807, 2.05) is 0 Å². The average molecular weight is 229 g/mol. The first-order chi connectivity index (χ1) is 7.56. The third kappa shape index (κ3) is 10.4. The maximum Gasteiger partial charge on any atom is 0.0488 e. The second kappa shape index (κ2) is 10.1. The zero-order chi connectivity index (χ0) is 12.4. The summed E-state index contributed by atoms with van der Waals surface area (Å²) in [6.45, 7) is 15.2. The van der Waals surface area contributed by atoms with Gasteiger partial charge in [0.05, 0.1) is 0 Å². The monoisotopic (exact) mass is 229 g/mol. The van der Waals surface area contributed by atoms with Crippen LogP contribution in [0.4, 0.5) is 0 Å². The Kier molecular flexibility index (Phi) is 10.0. The second-order valence-electron chi connectivity index (χ2n) is 5.56. The minimum Gasteiger partial charge on any atom is -0.381 e. The Morgan fingerprint density at radius 2 is 1.75 bits per heavy atom. The van der Waals surface area contributed by atoms with Crippen LogP contribution in [0.1, 0.15) is 47.5 Å². The minimum absolute atomic E-state index is 0.650. The van der Waals surface area contributed by atoms with Gasteiger partial charge < -0.3 is 10.1 Å². The normalized spacial score (nSPS) is 13.7. The highest BCUT2D eigenvalue weighted by Gasteiger charge is 2.10. The van der Waals surface area contributed by atoms with Crippen LogP contribution in [0, 0.1) is 17.8 Å². The molecule has 1 atom stereocenters. The van der Waals surface area contributed by atoms with E-state index >= 15 is 0 Å². The van der Waals surface area contributed by atoms with Crippen LogP contribution in [0.2, 0.25) is 0 Å². The summed E-state index contributed by atoms with van der Waals surface area (Å²) in [6.07, 6.45) is 2.50. The molecule has 0 aliphatic carbocycles. The third-order valence-electron chi connectivity index (χ3n) is 2.61. The first-order valence-corrected chi connectivity index (χ1v) is 6.84. The van der Waals surface area contributed by atoms with Gasteiger partial charge >= 0.3 is 0 Å². The molecule has 16 heavy (non-hydrogen) atoms. The van der Waals surface area contributed by atoms with Crippen LogP contribution < -0.4 is 5.32 Å². The lowest BCUT2D eigenvalue weighted by atomic mass is 9.94. The van der Waals surface area contributed by atoms with Crippen molar-refractivity contribution in [2.75, 3.05) is 26.3 Å². The van der Waals surface area contributed by atoms with E-state index in [1.165, 1.54) is 12.8 Å². The number of rotatable bonds is 10. The molecule has 0 rings (SSSR count). The van der Waals surface area contributed by atoms with Gasteiger partial charge in [-0.15, -0.1) is 0 Å². The fourth-order valence-electron chi connectivity index (χ4n) is 1.89. The van der Waals surface area contributed by atoms with Gasteiger partial charge in [-0.05, 0) is 43.7 Å². The van der Waals surface area contributed by atoms with Crippen molar-refractivity contribution in [1.82, 2.24) is 5.32 Å². The zero-order valence-corrected chi connectivity index (χ0v) is 11.9. The molecular weight excluding hydrogens is 198 g/mol. The summed E-state index contributed by atoms with van der Waals surface area (Å²) >= 11 is 0. The van der Waals surface area contributed by atoms with Gasteiger partial charge in [0.1, 0.15) is 0 Å². The van der Waals surface area contributed by atoms with Crippen LogP contribution in [0.5, 0.6) is 0 Å². The van der Waals surface area contributed by atoms with E-state index in [0.29, 0.717) is 5.92 Å². The summed E-state index contributed by atoms with van der Waals surface area (Å²) in [6, 6.07) is 0. The number of ether oxygens (including phenoxy) is 1. The van der Waals surface area contributed by atoms with Crippen molar-refractivity contribution >= 4 is 0 Å². The lowest BCUT2D eigenvalue weighted by molar-refractivity contribution is 0.0952. The first-order valence-electron chi connectivity index (χ1n) is 6.84. The number of hydrogen-bond acceptors (Lipinski definition) is 2. The van der Waals surface area contributed by atoms with Crippen molar-refractivity contribution in [2.24, 2.45) is 17.8 Å². The molecule has 0 aromatic heterocycles. The second-order valence-corrected chi connectivity index (χ2v) is 5.56. The summed E-state index contributed by atoms with van der Waals surface area (Å²) in [5.41, 5.74) is 0. The topological polar surface area (TPSA) is 21.3 Å². The van der Waals surface area contributed by atoms with E-state index in [0.717, 1.165) is 38.1 Å². The van der Waals surface area contributed by atoms with Gasteiger partial charge in [0.15, 0.2) is 0 Å². The Labute approximate surface area is 102 Å². The quantitative estimate of drug-likeness (QED) is 0.580. The zero-order valence-electron chi connectivity index (χ0n) is 11.9. The molecule has 0 saturated carbocycles. The largest absolute Gasteiger partial charge is 0.381 e. The van der Waals surface area contributed by atoms with Gasteiger partial charge in [-0.1, -0.05) is 34.6 Å². The van der Waals surface area contributed by atoms with Crippen LogP contribution in [0.25, 0.3) is 0 Å². The fourth-order valence-corrected chi connectivity index (χ4v) is 1.89. The molecule has 0 bridgehead atoms. The predicted octanol–water partition coefficient (Wildman–Crippen LogP) is 3.32. The summed E-state index contributed by atoms with van der Waals surface area (Å²) in [7, 11) is 0. The molecule has 0 fully saturated rings. The Morgan fingerprint density at radius 3 is 2.25 bits per heavy atom. The Bertz CT molecular complexity index is 146. The predicted molar refractivity (Wildman–Crippen MR) is 71.8 cm³/mol. The molecule has 0 spiro atoms. The molecule has 0 aliphatic heterocycles. The molecule has 0 aromatic rings. The van der Waals surface area contributed by atoms with Crippen LogP contribution in [-0.2, 0) is 4.74 Å². The van der Waals surface area contributed by atoms with Gasteiger partial charge in [-0.3, -0.25) is 0 Å². The highest BCUT2D eigenvalue weighted by atomic mass is 16.5. The van der Waals surface area contributed by atoms with E-state index in [2.05, 4.69) is 39.9 Å². The van der Waals surface area contributed by atoms with Gasteiger partial charge in [0.25, 0.3) is 0 Å². The van der Waals surface area contributed by atoms with Gasteiger partial charge in [-0.2, -0.15) is 0 Å². The molecule has 1 N–H and O–H groups in total. The van der Waals surface area contributed by atoms with Crippen LogP contribution >= 0.6 is 0 Å². The minimum atomic E-state index is 0.650. The van der Waals surface area contributed by atoms with Crippen molar-refractivity contribution in [2.45, 2.75) is 47.5 Å². The highest BCUT2D eigenvalue weighted by molar-refractivity contribution is 4.64. The molecule has 0 heterocycles. The molecule has 0 radical (unpaired) electrons. The van der Waals surface area contributed by atoms with E-state index < -0.39 is 0 Å². The van der Waals surface area contributed by atoms with Gasteiger partial charge in [0.2, 0.25) is 0 Å². The standard InChI is InChI=1S/C14H31NO/c1-6-15-10-14(9-12(2)3)7-8-16-11-13(4)5/h12-15H,6-11H2,1-5H3. The van der Waals surface area contributed by atoms with E-state index in [-0.39, 0.29) is 0 Å². The van der Waals surface area contributed by atoms with Crippen LogP contribution in [-0.4, -0.2) is 26.3 Å². The molecule has 2 heteroatoms. The Balaban J connectivity index is 3.64. The lowest BCUT2D eigenvalue weighted by Crippen LogP contribution is -2.25. The van der Waals surface area contributed by atoms with Crippen molar-refractivity contribution in [3.05, 3.63) is 0 Å². The average Bonchev–Trinajstić information content (AvgIpc) is 2.19. The molecule has 0 aromatic carbocycles. The molecule has 1 unspecified atom stereocenters. The van der Waals surface area contributed by atoms with Crippen LogP contribution in [0.3, 0.4) is 0 Å². The van der Waals surface area contributed by atoms with Crippen molar-refractivity contribution in [1.29, 1.82) is 0 Å². The summed E-state index contributed by atoms with van der Waals surface area (Å²) < 4.78 is 5.66. The SMILES string of the molecule is CCNCC(CCOCC(C)C)CC(C)C. The Morgan fingerprint density at radius 1 is 1.06 bits per heavy atom. The fraction of sp³-hybridized carbons (Fsp3) is 1.00. The first kappa shape index (κ1) is 15.9. The third-order valence-corrected chi connectivity index (χ3v) is 2.61. The number of nitrogens with one attached hydrogen (secondary N) is 1. The van der Waals surface area contributed by atoms with Crippen molar-refractivity contribution < 1.29 is 4.74 Å². The van der Waals surface area contributed by atoms with Crippen molar-refractivity contribution in [3.8, 4) is 0 Å². The highest BCUT2D eigenvalue weighted by Crippen LogP contribution is 2.15. The van der Waals surface area contributed by atoms with E-state index in [9.17, 15) is 0 Å². The molecule has 98 valence electrons. The maximum atomic E-state index is 5.66. The summed E-state index contributed by atoms with van der Waals surface area (Å²) in [5.74, 6) is 2.21. The molecule has 0 aliphatic rings. The molecule has 0 amide bonds. The molecule has 2 nitrogen and oxygen atoms in total. The smallest absolute Gasteiger partial charge is 0.0488 e. The van der Waals surface area contributed by atoms with Crippen molar-refractivity contribution in [3.63, 3.8) is 0 Å². The lowest BCUT2D eigenvalue weighted by Gasteiger charge is -2.19.